The van der Waals surface area contributed by atoms with Crippen LogP contribution in [0.1, 0.15) is 46.6 Å². The number of fused-ring (bicyclic) bond motifs is 2. The van der Waals surface area contributed by atoms with E-state index in [1.807, 2.05) is 44.2 Å². The lowest BCUT2D eigenvalue weighted by molar-refractivity contribution is 0.0950. The van der Waals surface area contributed by atoms with Crippen LogP contribution in [0.25, 0.3) is 10.9 Å². The van der Waals surface area contributed by atoms with Crippen LogP contribution in [0.4, 0.5) is 0 Å². The van der Waals surface area contributed by atoms with Gasteiger partial charge in [0.25, 0.3) is 5.91 Å². The zero-order chi connectivity index (χ0) is 19.8. The van der Waals surface area contributed by atoms with Gasteiger partial charge in [0.2, 0.25) is 0 Å². The van der Waals surface area contributed by atoms with Crippen LogP contribution in [0.5, 0.6) is 11.5 Å². The summed E-state index contributed by atoms with van der Waals surface area (Å²) in [5.74, 6) is 1.60. The molecule has 1 amide bonds. The van der Waals surface area contributed by atoms with Crippen molar-refractivity contribution in [1.29, 1.82) is 0 Å². The van der Waals surface area contributed by atoms with Crippen LogP contribution in [-0.2, 0) is 13.0 Å². The van der Waals surface area contributed by atoms with Crippen LogP contribution in [0, 0.1) is 13.8 Å². The number of nitrogens with one attached hydrogen (secondary N) is 2. The van der Waals surface area contributed by atoms with Gasteiger partial charge in [-0.05, 0) is 63.6 Å². The molecule has 0 aliphatic carbocycles. The van der Waals surface area contributed by atoms with Crippen molar-refractivity contribution in [2.45, 2.75) is 46.8 Å². The van der Waals surface area contributed by atoms with Gasteiger partial charge in [-0.1, -0.05) is 0 Å². The number of hydrogen-bond donors (Lipinski definition) is 2. The van der Waals surface area contributed by atoms with Gasteiger partial charge in [-0.2, -0.15) is 0 Å². The van der Waals surface area contributed by atoms with Crippen molar-refractivity contribution in [3.8, 4) is 11.5 Å². The topological polar surface area (TPSA) is 63.3 Å². The molecule has 0 spiro atoms. The molecule has 0 bridgehead atoms. The summed E-state index contributed by atoms with van der Waals surface area (Å²) in [5, 5.41) is 4.11. The fourth-order valence-corrected chi connectivity index (χ4v) is 3.79. The lowest BCUT2D eigenvalue weighted by Crippen LogP contribution is -2.23. The second kappa shape index (κ2) is 7.23. The molecule has 2 N–H and O–H groups in total. The second-order valence-corrected chi connectivity index (χ2v) is 7.45. The maximum Gasteiger partial charge on any atom is 0.251 e. The number of carbonyl (C=O) groups excluding carboxylic acids is 1. The smallest absolute Gasteiger partial charge is 0.251 e. The number of benzene rings is 2. The normalized spacial score (nSPS) is 15.4. The molecule has 0 radical (unpaired) electrons. The standard InChI is InChI=1S/C23H26N2O3/c1-5-27-21-10-17-8-13(2)28-22(17)11-18(21)12-24-23(26)16-6-7-20-19(9-16)14(3)15(4)25-20/h6-7,9-11,13,25H,5,8,12H2,1-4H3,(H,24,26). The average Bonchev–Trinajstić information content (AvgIpc) is 3.17. The molecule has 5 nitrogen and oxygen atoms in total. The molecule has 2 aromatic carbocycles. The van der Waals surface area contributed by atoms with Crippen LogP contribution in [-0.4, -0.2) is 23.6 Å². The summed E-state index contributed by atoms with van der Waals surface area (Å²) in [6, 6.07) is 9.79. The van der Waals surface area contributed by atoms with Crippen LogP contribution in [0.3, 0.4) is 0 Å². The van der Waals surface area contributed by atoms with Crippen molar-refractivity contribution in [2.24, 2.45) is 0 Å². The molecule has 146 valence electrons. The highest BCUT2D eigenvalue weighted by Gasteiger charge is 2.22. The first-order valence-electron chi connectivity index (χ1n) is 9.78. The van der Waals surface area contributed by atoms with E-state index >= 15 is 0 Å². The molecule has 3 aromatic rings. The molecule has 2 heterocycles. The zero-order valence-electron chi connectivity index (χ0n) is 16.8. The quantitative estimate of drug-likeness (QED) is 0.690. The highest BCUT2D eigenvalue weighted by molar-refractivity contribution is 5.99. The predicted octanol–water partition coefficient (Wildman–Crippen LogP) is 4.44. The van der Waals surface area contributed by atoms with E-state index < -0.39 is 0 Å². The molecule has 1 aliphatic rings. The molecule has 0 saturated carbocycles. The second-order valence-electron chi connectivity index (χ2n) is 7.45. The SMILES string of the molecule is CCOc1cc2c(cc1CNC(=O)c1ccc3[nH]c(C)c(C)c3c1)OC(C)C2. The number of aromatic amines is 1. The van der Waals surface area contributed by atoms with E-state index in [-0.39, 0.29) is 12.0 Å². The number of amides is 1. The number of aromatic nitrogens is 1. The molecule has 5 heteroatoms. The number of carbonyl (C=O) groups is 1. The Morgan fingerprint density at radius 3 is 2.89 bits per heavy atom. The van der Waals surface area contributed by atoms with Crippen molar-refractivity contribution in [3.05, 3.63) is 58.3 Å². The Bertz CT molecular complexity index is 1050. The number of ether oxygens (including phenoxy) is 2. The van der Waals surface area contributed by atoms with E-state index in [1.54, 1.807) is 0 Å². The minimum atomic E-state index is -0.0996. The molecule has 1 unspecified atom stereocenters. The molecule has 1 aliphatic heterocycles. The summed E-state index contributed by atoms with van der Waals surface area (Å²) in [6.07, 6.45) is 1.06. The molecule has 0 saturated heterocycles. The Labute approximate surface area is 165 Å². The van der Waals surface area contributed by atoms with Crippen LogP contribution < -0.4 is 14.8 Å². The molecule has 0 fully saturated rings. The zero-order valence-corrected chi connectivity index (χ0v) is 16.8. The van der Waals surface area contributed by atoms with Gasteiger partial charge in [0, 0.05) is 46.3 Å². The maximum absolute atomic E-state index is 12.7. The fourth-order valence-electron chi connectivity index (χ4n) is 3.79. The summed E-state index contributed by atoms with van der Waals surface area (Å²) in [4.78, 5) is 16.1. The maximum atomic E-state index is 12.7. The highest BCUT2D eigenvalue weighted by atomic mass is 16.5. The van der Waals surface area contributed by atoms with E-state index in [0.717, 1.165) is 45.6 Å². The van der Waals surface area contributed by atoms with Gasteiger partial charge < -0.3 is 19.8 Å². The molecule has 28 heavy (non-hydrogen) atoms. The van der Waals surface area contributed by atoms with Crippen LogP contribution >= 0.6 is 0 Å². The van der Waals surface area contributed by atoms with E-state index in [9.17, 15) is 4.79 Å². The third-order valence-corrected chi connectivity index (χ3v) is 5.39. The molecular formula is C23H26N2O3. The van der Waals surface area contributed by atoms with Crippen molar-refractivity contribution in [2.75, 3.05) is 6.61 Å². The van der Waals surface area contributed by atoms with Gasteiger partial charge in [-0.15, -0.1) is 0 Å². The Balaban J connectivity index is 1.55. The van der Waals surface area contributed by atoms with E-state index in [2.05, 4.69) is 24.1 Å². The minimum absolute atomic E-state index is 0.0996. The summed E-state index contributed by atoms with van der Waals surface area (Å²) in [7, 11) is 0. The number of hydrogen-bond acceptors (Lipinski definition) is 3. The average molecular weight is 378 g/mol. The summed E-state index contributed by atoms with van der Waals surface area (Å²) >= 11 is 0. The Kier molecular flexibility index (Phi) is 4.75. The molecular weight excluding hydrogens is 352 g/mol. The van der Waals surface area contributed by atoms with Gasteiger partial charge in [-0.25, -0.2) is 0 Å². The largest absolute Gasteiger partial charge is 0.494 e. The van der Waals surface area contributed by atoms with E-state index in [0.29, 0.717) is 18.7 Å². The number of aryl methyl sites for hydroxylation is 2. The van der Waals surface area contributed by atoms with Crippen molar-refractivity contribution in [3.63, 3.8) is 0 Å². The number of rotatable bonds is 5. The van der Waals surface area contributed by atoms with Gasteiger partial charge in [0.15, 0.2) is 0 Å². The van der Waals surface area contributed by atoms with Crippen LogP contribution in [0.15, 0.2) is 30.3 Å². The van der Waals surface area contributed by atoms with Crippen molar-refractivity contribution in [1.82, 2.24) is 10.3 Å². The van der Waals surface area contributed by atoms with Crippen molar-refractivity contribution < 1.29 is 14.3 Å². The monoisotopic (exact) mass is 378 g/mol. The first-order valence-corrected chi connectivity index (χ1v) is 9.78. The fraction of sp³-hybridized carbons (Fsp3) is 0.348. The third-order valence-electron chi connectivity index (χ3n) is 5.39. The highest BCUT2D eigenvalue weighted by Crippen LogP contribution is 2.35. The van der Waals surface area contributed by atoms with Crippen LogP contribution in [0.2, 0.25) is 0 Å². The first-order chi connectivity index (χ1) is 13.5. The van der Waals surface area contributed by atoms with Gasteiger partial charge in [0.1, 0.15) is 17.6 Å². The lowest BCUT2D eigenvalue weighted by atomic mass is 10.1. The predicted molar refractivity (Wildman–Crippen MR) is 110 cm³/mol. The first kappa shape index (κ1) is 18.4. The molecule has 1 aromatic heterocycles. The third kappa shape index (κ3) is 3.33. The molecule has 1 atom stereocenters. The summed E-state index contributed by atoms with van der Waals surface area (Å²) in [5.41, 5.74) is 6.09. The Morgan fingerprint density at radius 2 is 2.11 bits per heavy atom. The van der Waals surface area contributed by atoms with Gasteiger partial charge >= 0.3 is 0 Å². The van der Waals surface area contributed by atoms with Gasteiger partial charge in [-0.3, -0.25) is 4.79 Å². The molecule has 4 rings (SSSR count). The lowest BCUT2D eigenvalue weighted by Gasteiger charge is -2.13. The summed E-state index contributed by atoms with van der Waals surface area (Å²) in [6.45, 7) is 9.10. The Hall–Kier alpha value is -2.95. The minimum Gasteiger partial charge on any atom is -0.494 e. The van der Waals surface area contributed by atoms with E-state index in [4.69, 9.17) is 9.47 Å². The summed E-state index contributed by atoms with van der Waals surface area (Å²) < 4.78 is 11.7. The van der Waals surface area contributed by atoms with Crippen molar-refractivity contribution >= 4 is 16.8 Å². The Morgan fingerprint density at radius 1 is 1.29 bits per heavy atom. The van der Waals surface area contributed by atoms with E-state index in [1.165, 1.54) is 5.56 Å². The van der Waals surface area contributed by atoms with Gasteiger partial charge in [0.05, 0.1) is 6.61 Å². The number of H-pyrrole nitrogens is 1.